The lowest BCUT2D eigenvalue weighted by Gasteiger charge is -2.34. The minimum Gasteiger partial charge on any atom is -0.360 e. The highest BCUT2D eigenvalue weighted by Crippen LogP contribution is 2.30. The minimum atomic E-state index is -3.65. The van der Waals surface area contributed by atoms with E-state index < -0.39 is 10.0 Å². The standard InChI is InChI=1S/C13H20N2O4S/c1-9(16)8-12-6-4-5-7-15(12)20(17,18)13-10(2)14-19-11(13)3/h12H,4-8H2,1-3H3. The molecule has 6 nitrogen and oxygen atoms in total. The second-order valence-electron chi connectivity index (χ2n) is 5.32. The van der Waals surface area contributed by atoms with E-state index in [0.717, 1.165) is 19.3 Å². The molecule has 0 saturated carbocycles. The zero-order valence-electron chi connectivity index (χ0n) is 12.0. The summed E-state index contributed by atoms with van der Waals surface area (Å²) >= 11 is 0. The average Bonchev–Trinajstić information content (AvgIpc) is 2.69. The molecule has 0 radical (unpaired) electrons. The molecule has 2 rings (SSSR count). The summed E-state index contributed by atoms with van der Waals surface area (Å²) in [4.78, 5) is 11.5. The average molecular weight is 300 g/mol. The van der Waals surface area contributed by atoms with Crippen molar-refractivity contribution in [2.45, 2.75) is 57.4 Å². The lowest BCUT2D eigenvalue weighted by Crippen LogP contribution is -2.44. The Labute approximate surface area is 119 Å². The molecule has 1 atom stereocenters. The van der Waals surface area contributed by atoms with Crippen LogP contribution in [0.15, 0.2) is 9.42 Å². The smallest absolute Gasteiger partial charge is 0.248 e. The summed E-state index contributed by atoms with van der Waals surface area (Å²) in [6.45, 7) is 5.16. The van der Waals surface area contributed by atoms with Gasteiger partial charge in [0.2, 0.25) is 10.0 Å². The minimum absolute atomic E-state index is 0.0101. The Bertz CT molecular complexity index is 586. The van der Waals surface area contributed by atoms with Gasteiger partial charge in [-0.1, -0.05) is 11.6 Å². The van der Waals surface area contributed by atoms with Gasteiger partial charge in [0.05, 0.1) is 0 Å². The normalized spacial score (nSPS) is 21.1. The van der Waals surface area contributed by atoms with Gasteiger partial charge >= 0.3 is 0 Å². The number of carbonyl (C=O) groups excluding carboxylic acids is 1. The first-order valence-corrected chi connectivity index (χ1v) is 8.22. The molecular formula is C13H20N2O4S. The third kappa shape index (κ3) is 2.78. The van der Waals surface area contributed by atoms with E-state index in [9.17, 15) is 13.2 Å². The van der Waals surface area contributed by atoms with Crippen LogP contribution in [0.25, 0.3) is 0 Å². The molecule has 20 heavy (non-hydrogen) atoms. The molecule has 0 N–H and O–H groups in total. The maximum absolute atomic E-state index is 12.8. The van der Waals surface area contributed by atoms with Crippen LogP contribution >= 0.6 is 0 Å². The van der Waals surface area contributed by atoms with Crippen molar-refractivity contribution in [3.8, 4) is 0 Å². The molecule has 1 aliphatic rings. The van der Waals surface area contributed by atoms with Crippen LogP contribution in [0.4, 0.5) is 0 Å². The van der Waals surface area contributed by atoms with E-state index >= 15 is 0 Å². The van der Waals surface area contributed by atoms with Crippen LogP contribution in [0.2, 0.25) is 0 Å². The predicted molar refractivity (Wildman–Crippen MR) is 72.8 cm³/mol. The molecule has 1 unspecified atom stereocenters. The molecule has 1 saturated heterocycles. The van der Waals surface area contributed by atoms with Gasteiger partial charge in [-0.2, -0.15) is 4.31 Å². The zero-order chi connectivity index (χ0) is 14.9. The number of sulfonamides is 1. The molecule has 112 valence electrons. The number of hydrogen-bond acceptors (Lipinski definition) is 5. The summed E-state index contributed by atoms with van der Waals surface area (Å²) in [5.41, 5.74) is 0.370. The predicted octanol–water partition coefficient (Wildman–Crippen LogP) is 1.81. The van der Waals surface area contributed by atoms with E-state index in [1.807, 2.05) is 0 Å². The van der Waals surface area contributed by atoms with Crippen molar-refractivity contribution in [3.63, 3.8) is 0 Å². The number of nitrogens with zero attached hydrogens (tertiary/aromatic N) is 2. The van der Waals surface area contributed by atoms with Crippen molar-refractivity contribution in [1.82, 2.24) is 9.46 Å². The molecule has 7 heteroatoms. The van der Waals surface area contributed by atoms with Crippen molar-refractivity contribution < 1.29 is 17.7 Å². The Balaban J connectivity index is 2.38. The van der Waals surface area contributed by atoms with Gasteiger partial charge in [-0.3, -0.25) is 4.79 Å². The van der Waals surface area contributed by atoms with Crippen molar-refractivity contribution in [1.29, 1.82) is 0 Å². The van der Waals surface area contributed by atoms with E-state index in [2.05, 4.69) is 5.16 Å². The second-order valence-corrected chi connectivity index (χ2v) is 7.15. The van der Waals surface area contributed by atoms with E-state index in [1.54, 1.807) is 13.8 Å². The summed E-state index contributed by atoms with van der Waals surface area (Å²) in [5, 5.41) is 3.72. The van der Waals surface area contributed by atoms with E-state index in [1.165, 1.54) is 11.2 Å². The number of piperidine rings is 1. The third-order valence-electron chi connectivity index (χ3n) is 3.63. The molecule has 0 aromatic carbocycles. The molecule has 0 spiro atoms. The molecule has 0 amide bonds. The van der Waals surface area contributed by atoms with E-state index in [4.69, 9.17) is 4.52 Å². The highest BCUT2D eigenvalue weighted by Gasteiger charge is 2.37. The highest BCUT2D eigenvalue weighted by atomic mass is 32.2. The molecule has 0 bridgehead atoms. The number of ketones is 1. The first-order chi connectivity index (χ1) is 9.34. The highest BCUT2D eigenvalue weighted by molar-refractivity contribution is 7.89. The van der Waals surface area contributed by atoms with Crippen molar-refractivity contribution in [3.05, 3.63) is 11.5 Å². The van der Waals surface area contributed by atoms with Crippen LogP contribution in [-0.4, -0.2) is 36.2 Å². The van der Waals surface area contributed by atoms with Crippen LogP contribution < -0.4 is 0 Å². The Morgan fingerprint density at radius 2 is 2.10 bits per heavy atom. The van der Waals surface area contributed by atoms with Gasteiger partial charge in [0.1, 0.15) is 16.4 Å². The number of aromatic nitrogens is 1. The van der Waals surface area contributed by atoms with Crippen LogP contribution in [0.1, 0.15) is 44.1 Å². The van der Waals surface area contributed by atoms with Crippen molar-refractivity contribution >= 4 is 15.8 Å². The Hall–Kier alpha value is -1.21. The molecule has 1 fully saturated rings. The monoisotopic (exact) mass is 300 g/mol. The van der Waals surface area contributed by atoms with Gasteiger partial charge in [-0.15, -0.1) is 0 Å². The number of rotatable bonds is 4. The topological polar surface area (TPSA) is 80.5 Å². The largest absolute Gasteiger partial charge is 0.360 e. The van der Waals surface area contributed by atoms with E-state index in [0.29, 0.717) is 18.0 Å². The Kier molecular flexibility index (Phi) is 4.29. The number of Topliss-reactive ketones (excluding diaryl/α,β-unsaturated/α-hetero) is 1. The van der Waals surface area contributed by atoms with Crippen LogP contribution in [0, 0.1) is 13.8 Å². The third-order valence-corrected chi connectivity index (χ3v) is 5.83. The maximum atomic E-state index is 12.8. The molecular weight excluding hydrogens is 280 g/mol. The van der Waals surface area contributed by atoms with Gasteiger partial charge in [0, 0.05) is 19.0 Å². The summed E-state index contributed by atoms with van der Waals surface area (Å²) in [7, 11) is -3.65. The first kappa shape index (κ1) is 15.2. The molecule has 1 aromatic rings. The lowest BCUT2D eigenvalue weighted by atomic mass is 10.0. The van der Waals surface area contributed by atoms with Crippen LogP contribution in [0.3, 0.4) is 0 Å². The second kappa shape index (κ2) is 5.65. The van der Waals surface area contributed by atoms with E-state index in [-0.39, 0.29) is 23.1 Å². The van der Waals surface area contributed by atoms with Gasteiger partial charge in [-0.05, 0) is 33.6 Å². The Morgan fingerprint density at radius 1 is 1.40 bits per heavy atom. The van der Waals surface area contributed by atoms with Crippen LogP contribution in [0.5, 0.6) is 0 Å². The lowest BCUT2D eigenvalue weighted by molar-refractivity contribution is -0.118. The molecule has 1 aliphatic heterocycles. The molecule has 0 aliphatic carbocycles. The quantitative estimate of drug-likeness (QED) is 0.847. The summed E-state index contributed by atoms with van der Waals surface area (Å²) < 4.78 is 32.0. The first-order valence-electron chi connectivity index (χ1n) is 6.78. The zero-order valence-corrected chi connectivity index (χ0v) is 12.9. The summed E-state index contributed by atoms with van der Waals surface area (Å²) in [6, 6.07) is -0.250. The molecule has 1 aromatic heterocycles. The summed E-state index contributed by atoms with van der Waals surface area (Å²) in [6.07, 6.45) is 2.76. The van der Waals surface area contributed by atoms with Gasteiger partial charge < -0.3 is 4.52 Å². The summed E-state index contributed by atoms with van der Waals surface area (Å²) in [5.74, 6) is 0.311. The Morgan fingerprint density at radius 3 is 2.65 bits per heavy atom. The van der Waals surface area contributed by atoms with Gasteiger partial charge in [0.25, 0.3) is 0 Å². The van der Waals surface area contributed by atoms with Crippen LogP contribution in [-0.2, 0) is 14.8 Å². The van der Waals surface area contributed by atoms with Crippen molar-refractivity contribution in [2.24, 2.45) is 0 Å². The fourth-order valence-corrected chi connectivity index (χ4v) is 4.77. The number of aryl methyl sites for hydroxylation is 2. The fourth-order valence-electron chi connectivity index (χ4n) is 2.79. The van der Waals surface area contributed by atoms with Gasteiger partial charge in [-0.25, -0.2) is 8.42 Å². The maximum Gasteiger partial charge on any atom is 0.248 e. The fraction of sp³-hybridized carbons (Fsp3) is 0.692. The number of hydrogen-bond donors (Lipinski definition) is 0. The van der Waals surface area contributed by atoms with Gasteiger partial charge in [0.15, 0.2) is 5.76 Å². The van der Waals surface area contributed by atoms with Crippen molar-refractivity contribution in [2.75, 3.05) is 6.54 Å². The molecule has 2 heterocycles. The number of carbonyl (C=O) groups is 1. The SMILES string of the molecule is CC(=O)CC1CCCCN1S(=O)(=O)c1c(C)noc1C.